The number of aryl methyl sites for hydroxylation is 1. The Hall–Kier alpha value is -2.24. The van der Waals surface area contributed by atoms with Crippen LogP contribution in [0, 0.1) is 0 Å². The molecule has 1 aliphatic rings. The number of Topliss-reactive ketones (excluding diaryl/α,β-unsaturated/α-hetero) is 1. The number of halogens is 1. The van der Waals surface area contributed by atoms with Crippen LogP contribution in [0.4, 0.5) is 0 Å². The van der Waals surface area contributed by atoms with Gasteiger partial charge < -0.3 is 4.74 Å². The molecule has 2 aromatic heterocycles. The van der Waals surface area contributed by atoms with Crippen LogP contribution in [0.25, 0.3) is 10.9 Å². The number of nitrogens with zero attached hydrogens (tertiary/aromatic N) is 1. The van der Waals surface area contributed by atoms with Gasteiger partial charge >= 0.3 is 5.97 Å². The molecule has 0 amide bonds. The molecule has 26 heavy (non-hydrogen) atoms. The van der Waals surface area contributed by atoms with Gasteiger partial charge in [0.05, 0.1) is 20.3 Å². The molecule has 0 aliphatic heterocycles. The number of ketones is 1. The van der Waals surface area contributed by atoms with Crippen LogP contribution >= 0.6 is 22.9 Å². The number of para-hydroxylation sites is 1. The third-order valence-electron chi connectivity index (χ3n) is 4.56. The maximum absolute atomic E-state index is 12.8. The highest BCUT2D eigenvalue weighted by Crippen LogP contribution is 2.30. The molecule has 3 aromatic rings. The van der Waals surface area contributed by atoms with Crippen LogP contribution < -0.4 is 0 Å². The number of pyridine rings is 1. The van der Waals surface area contributed by atoms with Crippen molar-refractivity contribution in [3.8, 4) is 0 Å². The topological polar surface area (TPSA) is 56.3 Å². The summed E-state index contributed by atoms with van der Waals surface area (Å²) in [7, 11) is 0. The zero-order chi connectivity index (χ0) is 18.1. The minimum Gasteiger partial charge on any atom is -0.454 e. The van der Waals surface area contributed by atoms with E-state index in [-0.39, 0.29) is 12.4 Å². The summed E-state index contributed by atoms with van der Waals surface area (Å²) in [6, 6.07) is 10.9. The third kappa shape index (κ3) is 3.24. The largest absolute Gasteiger partial charge is 0.454 e. The van der Waals surface area contributed by atoms with Gasteiger partial charge in [-0.05, 0) is 49.4 Å². The zero-order valence-corrected chi connectivity index (χ0v) is 15.5. The van der Waals surface area contributed by atoms with Crippen molar-refractivity contribution in [2.75, 3.05) is 6.61 Å². The lowest BCUT2D eigenvalue weighted by Crippen LogP contribution is -2.18. The van der Waals surface area contributed by atoms with Gasteiger partial charge in [0.15, 0.2) is 6.61 Å². The van der Waals surface area contributed by atoms with Crippen molar-refractivity contribution in [3.63, 3.8) is 0 Å². The minimum absolute atomic E-state index is 0.248. The van der Waals surface area contributed by atoms with E-state index < -0.39 is 5.97 Å². The number of ether oxygens (including phenoxy) is 1. The Morgan fingerprint density at radius 2 is 1.92 bits per heavy atom. The summed E-state index contributed by atoms with van der Waals surface area (Å²) in [4.78, 5) is 30.3. The number of hydrogen-bond acceptors (Lipinski definition) is 5. The van der Waals surface area contributed by atoms with Gasteiger partial charge in [0.1, 0.15) is 0 Å². The maximum Gasteiger partial charge on any atom is 0.339 e. The van der Waals surface area contributed by atoms with Gasteiger partial charge in [-0.3, -0.25) is 9.78 Å². The monoisotopic (exact) mass is 385 g/mol. The first kappa shape index (κ1) is 17.2. The molecule has 0 spiro atoms. The van der Waals surface area contributed by atoms with E-state index in [0.29, 0.717) is 14.8 Å². The Bertz CT molecular complexity index is 1010. The van der Waals surface area contributed by atoms with Crippen LogP contribution in [0.1, 0.15) is 44.1 Å². The van der Waals surface area contributed by atoms with Crippen LogP contribution in [0.5, 0.6) is 0 Å². The number of carbonyl (C=O) groups is 2. The normalized spacial score (nSPS) is 13.4. The summed E-state index contributed by atoms with van der Waals surface area (Å²) in [5.74, 6) is -0.708. The van der Waals surface area contributed by atoms with E-state index >= 15 is 0 Å². The SMILES string of the molecule is O=C(COC(=O)c1c2c(nc3ccccc13)CCCC2)c1ccc(Cl)s1. The number of aromatic nitrogens is 1. The van der Waals surface area contributed by atoms with Crippen LogP contribution in [0.3, 0.4) is 0 Å². The van der Waals surface area contributed by atoms with E-state index in [1.807, 2.05) is 24.3 Å². The molecule has 4 nitrogen and oxygen atoms in total. The van der Waals surface area contributed by atoms with Gasteiger partial charge in [0, 0.05) is 11.1 Å². The van der Waals surface area contributed by atoms with E-state index in [1.165, 1.54) is 11.3 Å². The van der Waals surface area contributed by atoms with Crippen LogP contribution in [-0.2, 0) is 17.6 Å². The molecule has 0 saturated carbocycles. The smallest absolute Gasteiger partial charge is 0.339 e. The molecule has 0 radical (unpaired) electrons. The van der Waals surface area contributed by atoms with Crippen molar-refractivity contribution in [2.24, 2.45) is 0 Å². The number of esters is 1. The Balaban J connectivity index is 1.65. The summed E-state index contributed by atoms with van der Waals surface area (Å²) in [6.07, 6.45) is 3.78. The van der Waals surface area contributed by atoms with Crippen molar-refractivity contribution in [1.82, 2.24) is 4.98 Å². The Kier molecular flexibility index (Phi) is 4.74. The van der Waals surface area contributed by atoms with Crippen molar-refractivity contribution >= 4 is 45.6 Å². The Labute approximate surface area is 159 Å². The molecule has 6 heteroatoms. The van der Waals surface area contributed by atoms with Gasteiger partial charge in [-0.15, -0.1) is 11.3 Å². The average molecular weight is 386 g/mol. The van der Waals surface area contributed by atoms with Crippen molar-refractivity contribution < 1.29 is 14.3 Å². The highest BCUT2D eigenvalue weighted by Gasteiger charge is 2.24. The van der Waals surface area contributed by atoms with Crippen LogP contribution in [-0.4, -0.2) is 23.3 Å². The zero-order valence-electron chi connectivity index (χ0n) is 14.0. The second kappa shape index (κ2) is 7.17. The highest BCUT2D eigenvalue weighted by molar-refractivity contribution is 7.18. The fraction of sp³-hybridized carbons (Fsp3) is 0.250. The summed E-state index contributed by atoms with van der Waals surface area (Å²) in [6.45, 7) is -0.291. The number of fused-ring (bicyclic) bond motifs is 2. The first-order valence-corrected chi connectivity index (χ1v) is 9.69. The highest BCUT2D eigenvalue weighted by atomic mass is 35.5. The summed E-state index contributed by atoms with van der Waals surface area (Å²) < 4.78 is 5.91. The van der Waals surface area contributed by atoms with E-state index in [4.69, 9.17) is 21.3 Å². The molecular formula is C20H16ClNO3S. The van der Waals surface area contributed by atoms with E-state index in [0.717, 1.165) is 47.8 Å². The predicted molar refractivity (Wildman–Crippen MR) is 102 cm³/mol. The lowest BCUT2D eigenvalue weighted by atomic mass is 9.90. The molecule has 2 heterocycles. The predicted octanol–water partition coefficient (Wildman–Crippen LogP) is 4.87. The second-order valence-electron chi connectivity index (χ2n) is 6.24. The molecule has 0 N–H and O–H groups in total. The molecule has 0 fully saturated rings. The van der Waals surface area contributed by atoms with E-state index in [2.05, 4.69) is 0 Å². The number of carbonyl (C=O) groups excluding carboxylic acids is 2. The molecule has 1 aliphatic carbocycles. The third-order valence-corrected chi connectivity index (χ3v) is 5.83. The van der Waals surface area contributed by atoms with Gasteiger partial charge in [-0.2, -0.15) is 0 Å². The van der Waals surface area contributed by atoms with Gasteiger partial charge in [-0.25, -0.2) is 4.79 Å². The summed E-state index contributed by atoms with van der Waals surface area (Å²) >= 11 is 7.04. The molecule has 0 unspecified atom stereocenters. The molecule has 0 atom stereocenters. The van der Waals surface area contributed by atoms with Crippen molar-refractivity contribution in [2.45, 2.75) is 25.7 Å². The number of benzene rings is 1. The number of thiophene rings is 1. The summed E-state index contributed by atoms with van der Waals surface area (Å²) in [5.41, 5.74) is 3.28. The quantitative estimate of drug-likeness (QED) is 0.475. The van der Waals surface area contributed by atoms with E-state index in [9.17, 15) is 9.59 Å². The second-order valence-corrected chi connectivity index (χ2v) is 7.95. The van der Waals surface area contributed by atoms with Gasteiger partial charge in [0.2, 0.25) is 5.78 Å². The molecule has 4 rings (SSSR count). The standard InChI is InChI=1S/C20H16ClNO3S/c21-18-10-9-17(26-18)16(23)11-25-20(24)19-12-5-1-3-7-14(12)22-15-8-4-2-6-13(15)19/h1,3,5,7,9-10H,2,4,6,8,11H2. The maximum atomic E-state index is 12.8. The number of rotatable bonds is 4. The Morgan fingerprint density at radius 1 is 1.12 bits per heavy atom. The van der Waals surface area contributed by atoms with E-state index in [1.54, 1.807) is 12.1 Å². The minimum atomic E-state index is -0.460. The fourth-order valence-electron chi connectivity index (χ4n) is 3.34. The van der Waals surface area contributed by atoms with Crippen molar-refractivity contribution in [3.05, 3.63) is 62.4 Å². The lowest BCUT2D eigenvalue weighted by molar-refractivity contribution is 0.0476. The Morgan fingerprint density at radius 3 is 2.73 bits per heavy atom. The summed E-state index contributed by atoms with van der Waals surface area (Å²) in [5, 5.41) is 0.782. The van der Waals surface area contributed by atoms with Gasteiger partial charge in [0.25, 0.3) is 0 Å². The lowest BCUT2D eigenvalue weighted by Gasteiger charge is -2.19. The number of hydrogen-bond donors (Lipinski definition) is 0. The fourth-order valence-corrected chi connectivity index (χ4v) is 4.31. The molecule has 132 valence electrons. The molecule has 0 bridgehead atoms. The molecule has 1 aromatic carbocycles. The van der Waals surface area contributed by atoms with Crippen molar-refractivity contribution in [1.29, 1.82) is 0 Å². The molecule has 0 saturated heterocycles. The average Bonchev–Trinajstić information content (AvgIpc) is 3.10. The first-order valence-electron chi connectivity index (χ1n) is 8.49. The van der Waals surface area contributed by atoms with Gasteiger partial charge in [-0.1, -0.05) is 29.8 Å². The van der Waals surface area contributed by atoms with Crippen LogP contribution in [0.2, 0.25) is 4.34 Å². The molecular weight excluding hydrogens is 370 g/mol. The first-order chi connectivity index (χ1) is 12.6. The van der Waals surface area contributed by atoms with Crippen LogP contribution in [0.15, 0.2) is 36.4 Å².